The van der Waals surface area contributed by atoms with Crippen LogP contribution in [0.1, 0.15) is 46.5 Å². The molecule has 0 radical (unpaired) electrons. The third-order valence-corrected chi connectivity index (χ3v) is 2.25. The molecule has 0 aliphatic rings. The second kappa shape index (κ2) is 6.02. The third-order valence-electron chi connectivity index (χ3n) is 2.25. The number of hydrogen-bond donors (Lipinski definition) is 1. The summed E-state index contributed by atoms with van der Waals surface area (Å²) in [7, 11) is 1.34. The Kier molecular flexibility index (Phi) is 5.77. The summed E-state index contributed by atoms with van der Waals surface area (Å²) in [4.78, 5) is 10.9. The fourth-order valence-electron chi connectivity index (χ4n) is 1.36. The predicted molar refractivity (Wildman–Crippen MR) is 55.9 cm³/mol. The van der Waals surface area contributed by atoms with Crippen molar-refractivity contribution in [2.24, 2.45) is 5.92 Å². The van der Waals surface area contributed by atoms with Crippen molar-refractivity contribution < 1.29 is 14.6 Å². The second-order valence-electron chi connectivity index (χ2n) is 4.54. The zero-order valence-electron chi connectivity index (χ0n) is 9.67. The maximum Gasteiger partial charge on any atom is 0.308 e. The Morgan fingerprint density at radius 3 is 2.50 bits per heavy atom. The van der Waals surface area contributed by atoms with E-state index < -0.39 is 5.60 Å². The number of aliphatic hydroxyl groups is 1. The smallest absolute Gasteiger partial charge is 0.308 e. The lowest BCUT2D eigenvalue weighted by Crippen LogP contribution is -2.28. The Morgan fingerprint density at radius 1 is 1.50 bits per heavy atom. The standard InChI is InChI=1S/C11H22O3/c1-9(2)6-5-7-11(3,13)8-10(12)14-4/h9,13H,5-8H2,1-4H3. The molecule has 1 atom stereocenters. The molecule has 0 bridgehead atoms. The van der Waals surface area contributed by atoms with Gasteiger partial charge in [-0.25, -0.2) is 0 Å². The molecule has 0 saturated carbocycles. The van der Waals surface area contributed by atoms with Gasteiger partial charge in [0, 0.05) is 0 Å². The topological polar surface area (TPSA) is 46.5 Å². The van der Waals surface area contributed by atoms with E-state index in [1.54, 1.807) is 6.92 Å². The van der Waals surface area contributed by atoms with E-state index in [4.69, 9.17) is 0 Å². The molecule has 0 aliphatic carbocycles. The molecule has 3 heteroatoms. The van der Waals surface area contributed by atoms with Crippen LogP contribution < -0.4 is 0 Å². The van der Waals surface area contributed by atoms with Gasteiger partial charge in [-0.2, -0.15) is 0 Å². The van der Waals surface area contributed by atoms with Gasteiger partial charge in [0.25, 0.3) is 0 Å². The zero-order chi connectivity index (χ0) is 11.2. The van der Waals surface area contributed by atoms with Crippen molar-refractivity contribution in [3.63, 3.8) is 0 Å². The van der Waals surface area contributed by atoms with Crippen LogP contribution in [0.2, 0.25) is 0 Å². The third kappa shape index (κ3) is 6.89. The first-order chi connectivity index (χ1) is 6.37. The average Bonchev–Trinajstić information content (AvgIpc) is 2.02. The molecule has 0 amide bonds. The van der Waals surface area contributed by atoms with E-state index in [-0.39, 0.29) is 12.4 Å². The van der Waals surface area contributed by atoms with E-state index in [9.17, 15) is 9.90 Å². The van der Waals surface area contributed by atoms with Gasteiger partial charge < -0.3 is 9.84 Å². The summed E-state index contributed by atoms with van der Waals surface area (Å²) in [5.41, 5.74) is -0.915. The number of esters is 1. The van der Waals surface area contributed by atoms with E-state index in [0.29, 0.717) is 12.3 Å². The monoisotopic (exact) mass is 202 g/mol. The van der Waals surface area contributed by atoms with Crippen molar-refractivity contribution in [3.05, 3.63) is 0 Å². The predicted octanol–water partition coefficient (Wildman–Crippen LogP) is 2.13. The summed E-state index contributed by atoms with van der Waals surface area (Å²) in [5.74, 6) is 0.295. The number of carbonyl (C=O) groups excluding carboxylic acids is 1. The molecule has 3 nitrogen and oxygen atoms in total. The first-order valence-electron chi connectivity index (χ1n) is 5.16. The molecule has 1 unspecified atom stereocenters. The number of ether oxygens (including phenoxy) is 1. The molecule has 0 heterocycles. The molecule has 0 aromatic heterocycles. The van der Waals surface area contributed by atoms with Crippen molar-refractivity contribution in [3.8, 4) is 0 Å². The van der Waals surface area contributed by atoms with Gasteiger partial charge >= 0.3 is 5.97 Å². The SMILES string of the molecule is COC(=O)CC(C)(O)CCCC(C)C. The normalized spacial score (nSPS) is 15.3. The van der Waals surface area contributed by atoms with Crippen LogP contribution in [-0.4, -0.2) is 23.8 Å². The molecule has 0 fully saturated rings. The number of methoxy groups -OCH3 is 1. The minimum Gasteiger partial charge on any atom is -0.469 e. The second-order valence-corrected chi connectivity index (χ2v) is 4.54. The van der Waals surface area contributed by atoms with E-state index in [0.717, 1.165) is 12.8 Å². The molecule has 0 aliphatic heterocycles. The molecule has 0 rings (SSSR count). The van der Waals surface area contributed by atoms with E-state index in [2.05, 4.69) is 18.6 Å². The van der Waals surface area contributed by atoms with Crippen LogP contribution in [0, 0.1) is 5.92 Å². The van der Waals surface area contributed by atoms with Crippen LogP contribution >= 0.6 is 0 Å². The highest BCUT2D eigenvalue weighted by Gasteiger charge is 2.24. The Bertz CT molecular complexity index is 173. The Balaban J connectivity index is 3.77. The molecule has 84 valence electrons. The average molecular weight is 202 g/mol. The fraction of sp³-hybridized carbons (Fsp3) is 0.909. The van der Waals surface area contributed by atoms with E-state index in [1.807, 2.05) is 0 Å². The highest BCUT2D eigenvalue weighted by molar-refractivity contribution is 5.70. The van der Waals surface area contributed by atoms with Crippen molar-refractivity contribution in [1.82, 2.24) is 0 Å². The van der Waals surface area contributed by atoms with Crippen LogP contribution in [0.15, 0.2) is 0 Å². The van der Waals surface area contributed by atoms with Gasteiger partial charge in [-0.15, -0.1) is 0 Å². The number of rotatable bonds is 6. The lowest BCUT2D eigenvalue weighted by molar-refractivity contribution is -0.145. The molecule has 0 saturated heterocycles. The summed E-state index contributed by atoms with van der Waals surface area (Å²) in [5, 5.41) is 9.83. The van der Waals surface area contributed by atoms with Crippen LogP contribution in [0.25, 0.3) is 0 Å². The van der Waals surface area contributed by atoms with Crippen LogP contribution in [-0.2, 0) is 9.53 Å². The van der Waals surface area contributed by atoms with Gasteiger partial charge in [-0.05, 0) is 19.3 Å². The summed E-state index contributed by atoms with van der Waals surface area (Å²) in [6, 6.07) is 0. The molecular weight excluding hydrogens is 180 g/mol. The van der Waals surface area contributed by atoms with Gasteiger partial charge in [0.05, 0.1) is 19.1 Å². The van der Waals surface area contributed by atoms with Crippen LogP contribution in [0.5, 0.6) is 0 Å². The molecule has 0 aromatic rings. The largest absolute Gasteiger partial charge is 0.469 e. The fourth-order valence-corrected chi connectivity index (χ4v) is 1.36. The summed E-state index contributed by atoms with van der Waals surface area (Å²) < 4.78 is 4.51. The Morgan fingerprint density at radius 2 is 2.07 bits per heavy atom. The van der Waals surface area contributed by atoms with Gasteiger partial charge in [0.15, 0.2) is 0 Å². The van der Waals surface area contributed by atoms with Crippen molar-refractivity contribution in [2.75, 3.05) is 7.11 Å². The molecule has 14 heavy (non-hydrogen) atoms. The maximum absolute atomic E-state index is 10.9. The first-order valence-corrected chi connectivity index (χ1v) is 5.16. The number of carbonyl (C=O) groups is 1. The lowest BCUT2D eigenvalue weighted by atomic mass is 9.93. The molecular formula is C11H22O3. The van der Waals surface area contributed by atoms with Crippen molar-refractivity contribution >= 4 is 5.97 Å². The highest BCUT2D eigenvalue weighted by atomic mass is 16.5. The van der Waals surface area contributed by atoms with Crippen LogP contribution in [0.4, 0.5) is 0 Å². The van der Waals surface area contributed by atoms with E-state index in [1.165, 1.54) is 7.11 Å². The molecule has 0 aromatic carbocycles. The Labute approximate surface area is 86.5 Å². The Hall–Kier alpha value is -0.570. The summed E-state index contributed by atoms with van der Waals surface area (Å²) >= 11 is 0. The highest BCUT2D eigenvalue weighted by Crippen LogP contribution is 2.20. The summed E-state index contributed by atoms with van der Waals surface area (Å²) in [6.45, 7) is 5.98. The van der Waals surface area contributed by atoms with Gasteiger partial charge in [0.1, 0.15) is 0 Å². The van der Waals surface area contributed by atoms with Crippen molar-refractivity contribution in [2.45, 2.75) is 52.1 Å². The molecule has 1 N–H and O–H groups in total. The first kappa shape index (κ1) is 13.4. The number of hydrogen-bond acceptors (Lipinski definition) is 3. The minimum absolute atomic E-state index is 0.0849. The maximum atomic E-state index is 10.9. The van der Waals surface area contributed by atoms with Gasteiger partial charge in [-0.3, -0.25) is 4.79 Å². The quantitative estimate of drug-likeness (QED) is 0.671. The van der Waals surface area contributed by atoms with Crippen molar-refractivity contribution in [1.29, 1.82) is 0 Å². The zero-order valence-corrected chi connectivity index (χ0v) is 9.67. The van der Waals surface area contributed by atoms with Crippen LogP contribution in [0.3, 0.4) is 0 Å². The van der Waals surface area contributed by atoms with Gasteiger partial charge in [-0.1, -0.05) is 26.7 Å². The lowest BCUT2D eigenvalue weighted by Gasteiger charge is -2.22. The summed E-state index contributed by atoms with van der Waals surface area (Å²) in [6.07, 6.45) is 2.76. The van der Waals surface area contributed by atoms with Gasteiger partial charge in [0.2, 0.25) is 0 Å². The van der Waals surface area contributed by atoms with E-state index >= 15 is 0 Å². The minimum atomic E-state index is -0.915. The molecule has 0 spiro atoms.